The average molecular weight is 330 g/mol. The monoisotopic (exact) mass is 330 g/mol. The largest absolute Gasteiger partial charge is 0.419 e. The molecule has 2 aliphatic rings. The van der Waals surface area contributed by atoms with Crippen LogP contribution in [0.1, 0.15) is 42.9 Å². The summed E-state index contributed by atoms with van der Waals surface area (Å²) >= 11 is 0. The van der Waals surface area contributed by atoms with Crippen molar-refractivity contribution in [1.29, 1.82) is 0 Å². The Labute approximate surface area is 133 Å². The Balaban J connectivity index is 2.04. The van der Waals surface area contributed by atoms with Gasteiger partial charge in [0.1, 0.15) is 5.82 Å². The number of nitrogens with zero attached hydrogens (tertiary/aromatic N) is 1. The van der Waals surface area contributed by atoms with Crippen molar-refractivity contribution in [2.45, 2.75) is 37.9 Å². The molecular formula is C17H22F4N2. The van der Waals surface area contributed by atoms with Crippen LogP contribution in [-0.2, 0) is 6.18 Å². The van der Waals surface area contributed by atoms with Gasteiger partial charge in [-0.1, -0.05) is 25.0 Å². The zero-order valence-corrected chi connectivity index (χ0v) is 13.0. The van der Waals surface area contributed by atoms with E-state index in [9.17, 15) is 17.6 Å². The molecule has 0 amide bonds. The maximum atomic E-state index is 14.0. The van der Waals surface area contributed by atoms with Gasteiger partial charge in [-0.15, -0.1) is 0 Å². The number of halogens is 4. The van der Waals surface area contributed by atoms with Gasteiger partial charge in [0.25, 0.3) is 0 Å². The van der Waals surface area contributed by atoms with E-state index in [1.165, 1.54) is 12.1 Å². The first kappa shape index (κ1) is 16.7. The molecule has 6 heteroatoms. The Morgan fingerprint density at radius 1 is 1.09 bits per heavy atom. The Morgan fingerprint density at radius 3 is 2.35 bits per heavy atom. The van der Waals surface area contributed by atoms with Gasteiger partial charge >= 0.3 is 6.18 Å². The quantitative estimate of drug-likeness (QED) is 0.844. The third-order valence-electron chi connectivity index (χ3n) is 5.04. The summed E-state index contributed by atoms with van der Waals surface area (Å²) in [6.07, 6.45) is -0.732. The third-order valence-corrected chi connectivity index (χ3v) is 5.04. The lowest BCUT2D eigenvalue weighted by Crippen LogP contribution is -2.47. The summed E-state index contributed by atoms with van der Waals surface area (Å²) in [7, 11) is 0. The second-order valence-corrected chi connectivity index (χ2v) is 6.48. The number of nitrogens with one attached hydrogen (secondary N) is 1. The fourth-order valence-corrected chi connectivity index (χ4v) is 4.07. The van der Waals surface area contributed by atoms with Crippen molar-refractivity contribution in [3.05, 3.63) is 35.1 Å². The minimum absolute atomic E-state index is 0.117. The minimum atomic E-state index is -4.66. The van der Waals surface area contributed by atoms with Crippen LogP contribution in [0.3, 0.4) is 0 Å². The summed E-state index contributed by atoms with van der Waals surface area (Å²) in [5.74, 6) is -0.982. The summed E-state index contributed by atoms with van der Waals surface area (Å²) in [5.41, 5.74) is -0.957. The smallest absolute Gasteiger partial charge is 0.314 e. The average Bonchev–Trinajstić information content (AvgIpc) is 3.01. The van der Waals surface area contributed by atoms with Crippen molar-refractivity contribution in [3.63, 3.8) is 0 Å². The molecule has 0 spiro atoms. The zero-order valence-electron chi connectivity index (χ0n) is 13.0. The van der Waals surface area contributed by atoms with E-state index in [-0.39, 0.29) is 17.5 Å². The van der Waals surface area contributed by atoms with Crippen molar-refractivity contribution in [2.24, 2.45) is 5.92 Å². The molecule has 1 atom stereocenters. The van der Waals surface area contributed by atoms with Crippen molar-refractivity contribution in [3.8, 4) is 0 Å². The highest BCUT2D eigenvalue weighted by Gasteiger charge is 2.42. The van der Waals surface area contributed by atoms with Crippen LogP contribution in [0.4, 0.5) is 17.6 Å². The van der Waals surface area contributed by atoms with E-state index in [1.54, 1.807) is 0 Å². The van der Waals surface area contributed by atoms with Gasteiger partial charge in [0, 0.05) is 32.2 Å². The lowest BCUT2D eigenvalue weighted by atomic mass is 9.86. The molecule has 1 heterocycles. The van der Waals surface area contributed by atoms with Crippen LogP contribution in [0.25, 0.3) is 0 Å². The Kier molecular flexibility index (Phi) is 4.92. The number of rotatable bonds is 3. The predicted molar refractivity (Wildman–Crippen MR) is 80.5 cm³/mol. The molecule has 1 aromatic rings. The summed E-state index contributed by atoms with van der Waals surface area (Å²) in [4.78, 5) is 2.11. The van der Waals surface area contributed by atoms with Gasteiger partial charge in [0.05, 0.1) is 5.56 Å². The summed E-state index contributed by atoms with van der Waals surface area (Å²) in [6.45, 7) is 2.93. The van der Waals surface area contributed by atoms with Crippen molar-refractivity contribution < 1.29 is 17.6 Å². The second-order valence-electron chi connectivity index (χ2n) is 6.48. The summed E-state index contributed by atoms with van der Waals surface area (Å²) < 4.78 is 54.4. The van der Waals surface area contributed by atoms with E-state index in [0.717, 1.165) is 44.8 Å². The first-order valence-corrected chi connectivity index (χ1v) is 8.29. The highest BCUT2D eigenvalue weighted by molar-refractivity contribution is 5.34. The molecule has 1 aliphatic heterocycles. The first-order valence-electron chi connectivity index (χ1n) is 8.29. The maximum Gasteiger partial charge on any atom is 0.419 e. The molecule has 0 aromatic heterocycles. The molecule has 0 bridgehead atoms. The number of benzene rings is 1. The van der Waals surface area contributed by atoms with Gasteiger partial charge in [0.2, 0.25) is 0 Å². The first-order chi connectivity index (χ1) is 11.0. The minimum Gasteiger partial charge on any atom is -0.314 e. The van der Waals surface area contributed by atoms with Crippen molar-refractivity contribution in [1.82, 2.24) is 10.2 Å². The Hall–Kier alpha value is -1.14. The molecule has 1 N–H and O–H groups in total. The lowest BCUT2D eigenvalue weighted by Gasteiger charge is -2.39. The molecule has 1 saturated carbocycles. The van der Waals surface area contributed by atoms with Crippen LogP contribution >= 0.6 is 0 Å². The maximum absolute atomic E-state index is 14.0. The fraction of sp³-hybridized carbons (Fsp3) is 0.647. The van der Waals surface area contributed by atoms with Crippen LogP contribution in [-0.4, -0.2) is 31.1 Å². The van der Waals surface area contributed by atoms with Gasteiger partial charge in [-0.25, -0.2) is 4.39 Å². The van der Waals surface area contributed by atoms with Gasteiger partial charge < -0.3 is 5.32 Å². The van der Waals surface area contributed by atoms with Crippen molar-refractivity contribution in [2.75, 3.05) is 26.2 Å². The SMILES string of the molecule is Fc1cccc([C@H](C2CCCC2)N2CCNCC2)c1C(F)(F)F. The molecular weight excluding hydrogens is 308 g/mol. The normalized spacial score (nSPS) is 22.4. The number of hydrogen-bond donors (Lipinski definition) is 1. The topological polar surface area (TPSA) is 15.3 Å². The van der Waals surface area contributed by atoms with Gasteiger partial charge in [0.15, 0.2) is 0 Å². The molecule has 23 heavy (non-hydrogen) atoms. The molecule has 1 aromatic carbocycles. The van der Waals surface area contributed by atoms with E-state index in [4.69, 9.17) is 0 Å². The Bertz CT molecular complexity index is 532. The van der Waals surface area contributed by atoms with E-state index in [1.807, 2.05) is 0 Å². The zero-order chi connectivity index (χ0) is 16.4. The predicted octanol–water partition coefficient (Wildman–Crippen LogP) is 3.98. The van der Waals surface area contributed by atoms with E-state index in [0.29, 0.717) is 13.1 Å². The van der Waals surface area contributed by atoms with E-state index in [2.05, 4.69) is 10.2 Å². The van der Waals surface area contributed by atoms with Crippen LogP contribution in [0.2, 0.25) is 0 Å². The highest BCUT2D eigenvalue weighted by atomic mass is 19.4. The van der Waals surface area contributed by atoms with Crippen LogP contribution in [0.5, 0.6) is 0 Å². The standard InChI is InChI=1S/C17H22F4N2/c18-14-7-3-6-13(15(14)17(19,20)21)16(12-4-1-2-5-12)23-10-8-22-9-11-23/h3,6-7,12,16,22H,1-2,4-5,8-11H2/t16-/m0/s1. The van der Waals surface area contributed by atoms with Gasteiger partial charge in [-0.3, -0.25) is 4.90 Å². The molecule has 3 rings (SSSR count). The highest BCUT2D eigenvalue weighted by Crippen LogP contribution is 2.45. The van der Waals surface area contributed by atoms with E-state index >= 15 is 0 Å². The molecule has 0 unspecified atom stereocenters. The number of alkyl halides is 3. The molecule has 1 saturated heterocycles. The number of hydrogen-bond acceptors (Lipinski definition) is 2. The molecule has 2 nitrogen and oxygen atoms in total. The molecule has 0 radical (unpaired) electrons. The van der Waals surface area contributed by atoms with E-state index < -0.39 is 17.6 Å². The summed E-state index contributed by atoms with van der Waals surface area (Å²) in [6, 6.07) is 3.45. The van der Waals surface area contributed by atoms with Gasteiger partial charge in [-0.05, 0) is 30.4 Å². The third kappa shape index (κ3) is 3.53. The van der Waals surface area contributed by atoms with Crippen LogP contribution in [0.15, 0.2) is 18.2 Å². The summed E-state index contributed by atoms with van der Waals surface area (Å²) in [5, 5.41) is 3.23. The van der Waals surface area contributed by atoms with Crippen LogP contribution < -0.4 is 5.32 Å². The molecule has 1 aliphatic carbocycles. The number of piperazine rings is 1. The van der Waals surface area contributed by atoms with Crippen molar-refractivity contribution >= 4 is 0 Å². The van der Waals surface area contributed by atoms with Crippen LogP contribution in [0, 0.1) is 11.7 Å². The fourth-order valence-electron chi connectivity index (χ4n) is 4.07. The molecule has 2 fully saturated rings. The lowest BCUT2D eigenvalue weighted by molar-refractivity contribution is -0.141. The molecule has 128 valence electrons. The second kappa shape index (κ2) is 6.77. The Morgan fingerprint density at radius 2 is 1.74 bits per heavy atom. The van der Waals surface area contributed by atoms with Gasteiger partial charge in [-0.2, -0.15) is 13.2 Å².